The summed E-state index contributed by atoms with van der Waals surface area (Å²) >= 11 is 3.23. The zero-order valence-electron chi connectivity index (χ0n) is 9.54. The topological polar surface area (TPSA) is 32.3 Å². The highest BCUT2D eigenvalue weighted by atomic mass is 79.9. The number of rotatable bonds is 1. The molecule has 1 aromatic rings. The minimum Gasteiger partial charge on any atom is -0.336 e. The van der Waals surface area contributed by atoms with Crippen molar-refractivity contribution >= 4 is 21.8 Å². The summed E-state index contributed by atoms with van der Waals surface area (Å²) in [5, 5.41) is 3.28. The van der Waals surface area contributed by atoms with Crippen LogP contribution in [0.3, 0.4) is 0 Å². The summed E-state index contributed by atoms with van der Waals surface area (Å²) in [5.74, 6) is -0.396. The number of carbonyl (C=O) groups excluding carboxylic acids is 1. The van der Waals surface area contributed by atoms with Gasteiger partial charge >= 0.3 is 0 Å². The molecule has 2 rings (SSSR count). The zero-order chi connectivity index (χ0) is 12.4. The molecule has 1 N–H and O–H groups in total. The maximum atomic E-state index is 13.0. The van der Waals surface area contributed by atoms with Crippen LogP contribution in [0.5, 0.6) is 0 Å². The number of amides is 1. The van der Waals surface area contributed by atoms with Crippen LogP contribution >= 0.6 is 15.9 Å². The lowest BCUT2D eigenvalue weighted by atomic mass is 10.1. The molecule has 1 amide bonds. The predicted octanol–water partition coefficient (Wildman–Crippen LogP) is 2.02. The van der Waals surface area contributed by atoms with Crippen molar-refractivity contribution < 1.29 is 9.18 Å². The molecule has 1 heterocycles. The number of benzene rings is 1. The van der Waals surface area contributed by atoms with Gasteiger partial charge in [0.05, 0.1) is 5.56 Å². The first kappa shape index (κ1) is 12.5. The highest BCUT2D eigenvalue weighted by molar-refractivity contribution is 9.10. The van der Waals surface area contributed by atoms with Gasteiger partial charge in [-0.25, -0.2) is 4.39 Å². The van der Waals surface area contributed by atoms with E-state index in [-0.39, 0.29) is 11.7 Å². The zero-order valence-corrected chi connectivity index (χ0v) is 11.1. The van der Waals surface area contributed by atoms with Gasteiger partial charge in [0.25, 0.3) is 5.91 Å². The normalized spacial score (nSPS) is 20.4. The summed E-state index contributed by atoms with van der Waals surface area (Å²) < 4.78 is 13.5. The van der Waals surface area contributed by atoms with Crippen LogP contribution < -0.4 is 5.32 Å². The fourth-order valence-electron chi connectivity index (χ4n) is 1.95. The maximum Gasteiger partial charge on any atom is 0.255 e. The molecule has 5 heteroatoms. The Morgan fingerprint density at radius 2 is 2.35 bits per heavy atom. The largest absolute Gasteiger partial charge is 0.336 e. The van der Waals surface area contributed by atoms with Gasteiger partial charge in [-0.3, -0.25) is 4.79 Å². The number of hydrogen-bond donors (Lipinski definition) is 1. The summed E-state index contributed by atoms with van der Waals surface area (Å²) in [7, 11) is 0. The summed E-state index contributed by atoms with van der Waals surface area (Å²) in [6.45, 7) is 4.21. The van der Waals surface area contributed by atoms with Crippen LogP contribution in [0.2, 0.25) is 0 Å². The van der Waals surface area contributed by atoms with Crippen molar-refractivity contribution in [3.63, 3.8) is 0 Å². The number of hydrogen-bond acceptors (Lipinski definition) is 2. The molecular formula is C12H14BrFN2O. The van der Waals surface area contributed by atoms with Crippen molar-refractivity contribution in [2.45, 2.75) is 13.0 Å². The molecule has 92 valence electrons. The lowest BCUT2D eigenvalue weighted by Crippen LogP contribution is -2.51. The Hall–Kier alpha value is -0.940. The average molecular weight is 301 g/mol. The van der Waals surface area contributed by atoms with E-state index in [9.17, 15) is 9.18 Å². The molecule has 1 atom stereocenters. The fraction of sp³-hybridized carbons (Fsp3) is 0.417. The maximum absolute atomic E-state index is 13.0. The van der Waals surface area contributed by atoms with Crippen LogP contribution in [-0.4, -0.2) is 36.5 Å². The van der Waals surface area contributed by atoms with E-state index in [1.165, 1.54) is 18.2 Å². The monoisotopic (exact) mass is 300 g/mol. The van der Waals surface area contributed by atoms with Crippen molar-refractivity contribution in [1.29, 1.82) is 0 Å². The molecule has 0 bridgehead atoms. The molecule has 0 aromatic heterocycles. The molecule has 0 spiro atoms. The van der Waals surface area contributed by atoms with Gasteiger partial charge < -0.3 is 10.2 Å². The van der Waals surface area contributed by atoms with Crippen LogP contribution in [0.25, 0.3) is 0 Å². The molecule has 0 unspecified atom stereocenters. The van der Waals surface area contributed by atoms with Crippen molar-refractivity contribution in [1.82, 2.24) is 10.2 Å². The smallest absolute Gasteiger partial charge is 0.255 e. The van der Waals surface area contributed by atoms with E-state index in [1.54, 1.807) is 4.90 Å². The van der Waals surface area contributed by atoms with Crippen LogP contribution in [0.15, 0.2) is 22.7 Å². The number of carbonyl (C=O) groups is 1. The van der Waals surface area contributed by atoms with Crippen molar-refractivity contribution in [2.75, 3.05) is 19.6 Å². The van der Waals surface area contributed by atoms with Gasteiger partial charge in [-0.1, -0.05) is 0 Å². The second kappa shape index (κ2) is 5.14. The van der Waals surface area contributed by atoms with Gasteiger partial charge in [0.2, 0.25) is 0 Å². The molecule has 1 aromatic carbocycles. The molecule has 1 aliphatic rings. The Morgan fingerprint density at radius 1 is 1.59 bits per heavy atom. The SMILES string of the molecule is C[C@H]1CN(C(=O)c2ccc(F)cc2Br)CCN1. The van der Waals surface area contributed by atoms with Gasteiger partial charge in [-0.05, 0) is 41.1 Å². The minimum atomic E-state index is -0.345. The van der Waals surface area contributed by atoms with Gasteiger partial charge in [0, 0.05) is 30.1 Å². The summed E-state index contributed by atoms with van der Waals surface area (Å²) in [4.78, 5) is 14.0. The Balaban J connectivity index is 2.18. The molecule has 0 aliphatic carbocycles. The summed E-state index contributed by atoms with van der Waals surface area (Å²) in [6.07, 6.45) is 0. The Morgan fingerprint density at radius 3 is 3.00 bits per heavy atom. The highest BCUT2D eigenvalue weighted by Crippen LogP contribution is 2.20. The van der Waals surface area contributed by atoms with E-state index < -0.39 is 0 Å². The molecule has 3 nitrogen and oxygen atoms in total. The van der Waals surface area contributed by atoms with Crippen LogP contribution in [0.4, 0.5) is 4.39 Å². The van der Waals surface area contributed by atoms with Gasteiger partial charge in [-0.15, -0.1) is 0 Å². The summed E-state index contributed by atoms with van der Waals surface area (Å²) in [5.41, 5.74) is 0.514. The van der Waals surface area contributed by atoms with Gasteiger partial charge in [0.1, 0.15) is 5.82 Å². The first-order chi connectivity index (χ1) is 8.08. The van der Waals surface area contributed by atoms with Crippen LogP contribution in [0, 0.1) is 5.82 Å². The van der Waals surface area contributed by atoms with E-state index >= 15 is 0 Å². The molecule has 0 radical (unpaired) electrons. The molecule has 0 saturated carbocycles. The van der Waals surface area contributed by atoms with E-state index in [1.807, 2.05) is 6.92 Å². The van der Waals surface area contributed by atoms with Crippen LogP contribution in [0.1, 0.15) is 17.3 Å². The number of nitrogens with one attached hydrogen (secondary N) is 1. The second-order valence-corrected chi connectivity index (χ2v) is 5.08. The highest BCUT2D eigenvalue weighted by Gasteiger charge is 2.23. The molecule has 1 fully saturated rings. The van der Waals surface area contributed by atoms with E-state index in [0.29, 0.717) is 29.2 Å². The third kappa shape index (κ3) is 2.84. The van der Waals surface area contributed by atoms with Crippen LogP contribution in [-0.2, 0) is 0 Å². The first-order valence-electron chi connectivity index (χ1n) is 5.55. The van der Waals surface area contributed by atoms with Crippen molar-refractivity contribution in [3.8, 4) is 0 Å². The van der Waals surface area contributed by atoms with Crippen molar-refractivity contribution in [3.05, 3.63) is 34.1 Å². The lowest BCUT2D eigenvalue weighted by Gasteiger charge is -2.32. The van der Waals surface area contributed by atoms with E-state index in [0.717, 1.165) is 6.54 Å². The molecule has 17 heavy (non-hydrogen) atoms. The van der Waals surface area contributed by atoms with Gasteiger partial charge in [-0.2, -0.15) is 0 Å². The molecule has 1 saturated heterocycles. The average Bonchev–Trinajstić information content (AvgIpc) is 2.28. The number of nitrogens with zero attached hydrogens (tertiary/aromatic N) is 1. The number of piperazine rings is 1. The fourth-order valence-corrected chi connectivity index (χ4v) is 2.47. The first-order valence-corrected chi connectivity index (χ1v) is 6.35. The third-order valence-electron chi connectivity index (χ3n) is 2.82. The quantitative estimate of drug-likeness (QED) is 0.861. The summed E-state index contributed by atoms with van der Waals surface area (Å²) in [6, 6.07) is 4.45. The predicted molar refractivity (Wildman–Crippen MR) is 67.5 cm³/mol. The Labute approximate surface area is 108 Å². The number of halogens is 2. The Kier molecular flexibility index (Phi) is 3.79. The van der Waals surface area contributed by atoms with E-state index in [2.05, 4.69) is 21.2 Å². The third-order valence-corrected chi connectivity index (χ3v) is 3.47. The molecular weight excluding hydrogens is 287 g/mol. The minimum absolute atomic E-state index is 0.0507. The van der Waals surface area contributed by atoms with E-state index in [4.69, 9.17) is 0 Å². The molecule has 1 aliphatic heterocycles. The Bertz CT molecular complexity index is 439. The van der Waals surface area contributed by atoms with Gasteiger partial charge in [0.15, 0.2) is 0 Å². The second-order valence-electron chi connectivity index (χ2n) is 4.23. The standard InChI is InChI=1S/C12H14BrFN2O/c1-8-7-16(5-4-15-8)12(17)10-3-2-9(14)6-11(10)13/h2-3,6,8,15H,4-5,7H2,1H3/t8-/m0/s1. The van der Waals surface area contributed by atoms with Crippen molar-refractivity contribution in [2.24, 2.45) is 0 Å². The lowest BCUT2D eigenvalue weighted by molar-refractivity contribution is 0.0708.